The zero-order chi connectivity index (χ0) is 20.1. The molecule has 1 N–H and O–H groups in total. The fourth-order valence-electron chi connectivity index (χ4n) is 2.89. The summed E-state index contributed by atoms with van der Waals surface area (Å²) in [7, 11) is 1.34. The smallest absolute Gasteiger partial charge is 0.341 e. The number of hydrogen-bond acceptors (Lipinski definition) is 4. The third-order valence-corrected chi connectivity index (χ3v) is 5.30. The second-order valence-electron chi connectivity index (χ2n) is 6.33. The monoisotopic (exact) mass is 391 g/mol. The van der Waals surface area contributed by atoms with Crippen LogP contribution in [0.25, 0.3) is 17.2 Å². The van der Waals surface area contributed by atoms with Gasteiger partial charge in [0.15, 0.2) is 0 Å². The van der Waals surface area contributed by atoms with Crippen molar-refractivity contribution in [3.05, 3.63) is 82.2 Å². The van der Waals surface area contributed by atoms with Gasteiger partial charge in [-0.2, -0.15) is 0 Å². The van der Waals surface area contributed by atoms with E-state index in [9.17, 15) is 9.59 Å². The van der Waals surface area contributed by atoms with Crippen LogP contribution in [-0.2, 0) is 9.53 Å². The van der Waals surface area contributed by atoms with E-state index in [1.165, 1.54) is 24.5 Å². The van der Waals surface area contributed by atoms with E-state index in [2.05, 4.69) is 5.32 Å². The van der Waals surface area contributed by atoms with Crippen molar-refractivity contribution in [1.82, 2.24) is 0 Å². The minimum absolute atomic E-state index is 0.299. The molecule has 0 fully saturated rings. The van der Waals surface area contributed by atoms with Crippen LogP contribution >= 0.6 is 11.3 Å². The maximum Gasteiger partial charge on any atom is 0.341 e. The minimum atomic E-state index is -0.471. The van der Waals surface area contributed by atoms with Crippen LogP contribution in [0.3, 0.4) is 0 Å². The molecule has 0 spiro atoms. The first-order chi connectivity index (χ1) is 13.5. The molecule has 3 aromatic rings. The molecule has 0 aliphatic carbocycles. The normalized spacial score (nSPS) is 10.8. The van der Waals surface area contributed by atoms with E-state index in [-0.39, 0.29) is 5.91 Å². The van der Waals surface area contributed by atoms with Gasteiger partial charge in [0.1, 0.15) is 10.6 Å². The number of nitrogens with one attached hydrogen (secondary N) is 1. The highest BCUT2D eigenvalue weighted by atomic mass is 32.1. The highest BCUT2D eigenvalue weighted by molar-refractivity contribution is 7.17. The van der Waals surface area contributed by atoms with Crippen molar-refractivity contribution in [2.24, 2.45) is 0 Å². The molecule has 1 heterocycles. The highest BCUT2D eigenvalue weighted by Crippen LogP contribution is 2.40. The Morgan fingerprint density at radius 2 is 1.68 bits per heavy atom. The first-order valence-electron chi connectivity index (χ1n) is 8.82. The van der Waals surface area contributed by atoms with E-state index in [0.29, 0.717) is 10.6 Å². The second-order valence-corrected chi connectivity index (χ2v) is 7.55. The molecular weight excluding hydrogens is 370 g/mol. The van der Waals surface area contributed by atoms with Crippen molar-refractivity contribution in [3.8, 4) is 11.1 Å². The van der Waals surface area contributed by atoms with Gasteiger partial charge in [-0.25, -0.2) is 4.79 Å². The van der Waals surface area contributed by atoms with E-state index in [1.807, 2.05) is 68.4 Å². The van der Waals surface area contributed by atoms with Gasteiger partial charge in [-0.3, -0.25) is 4.79 Å². The summed E-state index contributed by atoms with van der Waals surface area (Å²) in [5, 5.41) is 3.32. The van der Waals surface area contributed by atoms with Gasteiger partial charge >= 0.3 is 5.97 Å². The fraction of sp³-hybridized carbons (Fsp3) is 0.130. The number of thiophene rings is 1. The number of carbonyl (C=O) groups excluding carboxylic acids is 2. The molecule has 0 radical (unpaired) electrons. The van der Waals surface area contributed by atoms with Crippen LogP contribution in [-0.4, -0.2) is 19.0 Å². The van der Waals surface area contributed by atoms with Crippen LogP contribution in [0.5, 0.6) is 0 Å². The first-order valence-corrected chi connectivity index (χ1v) is 9.64. The predicted octanol–water partition coefficient (Wildman–Crippen LogP) is 5.47. The van der Waals surface area contributed by atoms with Gasteiger partial charge in [-0.1, -0.05) is 60.2 Å². The van der Waals surface area contributed by atoms with E-state index >= 15 is 0 Å². The van der Waals surface area contributed by atoms with Crippen LogP contribution in [0.1, 0.15) is 26.4 Å². The molecule has 5 heteroatoms. The lowest BCUT2D eigenvalue weighted by Gasteiger charge is -2.07. The zero-order valence-corrected chi connectivity index (χ0v) is 16.8. The van der Waals surface area contributed by atoms with Crippen molar-refractivity contribution in [2.45, 2.75) is 13.8 Å². The molecule has 4 nitrogen and oxygen atoms in total. The van der Waals surface area contributed by atoms with Gasteiger partial charge in [0.25, 0.3) is 0 Å². The van der Waals surface area contributed by atoms with Gasteiger partial charge in [0.2, 0.25) is 5.91 Å². The summed E-state index contributed by atoms with van der Waals surface area (Å²) in [6.07, 6.45) is 3.20. The molecule has 2 aromatic carbocycles. The average Bonchev–Trinajstić information content (AvgIpc) is 3.03. The molecule has 0 bridgehead atoms. The summed E-state index contributed by atoms with van der Waals surface area (Å²) in [5.41, 5.74) is 4.17. The Hall–Kier alpha value is -3.18. The number of esters is 1. The summed E-state index contributed by atoms with van der Waals surface area (Å²) in [6.45, 7) is 3.94. The van der Waals surface area contributed by atoms with Gasteiger partial charge in [0.05, 0.1) is 7.11 Å². The lowest BCUT2D eigenvalue weighted by molar-refractivity contribution is -0.111. The summed E-state index contributed by atoms with van der Waals surface area (Å²) in [4.78, 5) is 25.8. The third kappa shape index (κ3) is 4.38. The number of rotatable bonds is 5. The van der Waals surface area contributed by atoms with Crippen LogP contribution < -0.4 is 5.32 Å². The van der Waals surface area contributed by atoms with E-state index in [1.54, 1.807) is 6.08 Å². The molecule has 3 rings (SSSR count). The van der Waals surface area contributed by atoms with Gasteiger partial charge in [-0.05, 0) is 31.1 Å². The average molecular weight is 391 g/mol. The SMILES string of the molecule is COC(=O)c1c(NC(=O)C=Cc2ccc(C)cc2)sc(C)c1-c1ccccc1. The third-order valence-electron chi connectivity index (χ3n) is 4.28. The van der Waals surface area contributed by atoms with Crippen LogP contribution in [0.2, 0.25) is 0 Å². The Labute approximate surface area is 168 Å². The number of benzene rings is 2. The predicted molar refractivity (Wildman–Crippen MR) is 115 cm³/mol. The summed E-state index contributed by atoms with van der Waals surface area (Å²) >= 11 is 1.36. The molecule has 0 atom stereocenters. The maximum atomic E-state index is 12.4. The van der Waals surface area contributed by atoms with Gasteiger partial charge in [0, 0.05) is 16.5 Å². The van der Waals surface area contributed by atoms with Gasteiger partial charge < -0.3 is 10.1 Å². The maximum absolute atomic E-state index is 12.4. The number of aryl methyl sites for hydroxylation is 2. The van der Waals surface area contributed by atoms with Gasteiger partial charge in [-0.15, -0.1) is 11.3 Å². The van der Waals surface area contributed by atoms with Crippen molar-refractivity contribution >= 4 is 34.3 Å². The Balaban J connectivity index is 1.90. The van der Waals surface area contributed by atoms with Crippen LogP contribution in [0.4, 0.5) is 5.00 Å². The standard InChI is InChI=1S/C23H21NO3S/c1-15-9-11-17(12-10-15)13-14-19(25)24-22-21(23(26)27-3)20(16(2)28-22)18-7-5-4-6-8-18/h4-14H,1-3H3,(H,24,25). The first kappa shape index (κ1) is 19.6. The molecule has 1 amide bonds. The molecular formula is C23H21NO3S. The van der Waals surface area contributed by atoms with E-state index < -0.39 is 5.97 Å². The molecule has 28 heavy (non-hydrogen) atoms. The quantitative estimate of drug-likeness (QED) is 0.463. The number of ether oxygens (including phenoxy) is 1. The fourth-order valence-corrected chi connectivity index (χ4v) is 3.95. The number of amides is 1. The number of methoxy groups -OCH3 is 1. The van der Waals surface area contributed by atoms with Crippen LogP contribution in [0.15, 0.2) is 60.7 Å². The van der Waals surface area contributed by atoms with Crippen LogP contribution in [0, 0.1) is 13.8 Å². The topological polar surface area (TPSA) is 55.4 Å². The summed E-state index contributed by atoms with van der Waals surface area (Å²) < 4.78 is 4.97. The Bertz CT molecular complexity index is 1020. The van der Waals surface area contributed by atoms with Crippen molar-refractivity contribution in [1.29, 1.82) is 0 Å². The van der Waals surface area contributed by atoms with Crippen molar-refractivity contribution in [2.75, 3.05) is 12.4 Å². The Morgan fingerprint density at radius 3 is 2.32 bits per heavy atom. The minimum Gasteiger partial charge on any atom is -0.465 e. The Kier molecular flexibility index (Phi) is 6.06. The molecule has 1 aromatic heterocycles. The molecule has 0 saturated heterocycles. The molecule has 0 unspecified atom stereocenters. The summed E-state index contributed by atoms with van der Waals surface area (Å²) in [6, 6.07) is 17.5. The van der Waals surface area contributed by atoms with E-state index in [0.717, 1.165) is 27.1 Å². The van der Waals surface area contributed by atoms with Crippen molar-refractivity contribution in [3.63, 3.8) is 0 Å². The van der Waals surface area contributed by atoms with E-state index in [4.69, 9.17) is 4.74 Å². The molecule has 0 saturated carbocycles. The Morgan fingerprint density at radius 1 is 1.00 bits per heavy atom. The number of anilines is 1. The number of hydrogen-bond donors (Lipinski definition) is 1. The molecule has 0 aliphatic rings. The largest absolute Gasteiger partial charge is 0.465 e. The number of carbonyl (C=O) groups is 2. The highest BCUT2D eigenvalue weighted by Gasteiger charge is 2.24. The summed E-state index contributed by atoms with van der Waals surface area (Å²) in [5.74, 6) is -0.771. The lowest BCUT2D eigenvalue weighted by atomic mass is 10.0. The zero-order valence-electron chi connectivity index (χ0n) is 16.0. The molecule has 0 aliphatic heterocycles. The molecule has 142 valence electrons. The second kappa shape index (κ2) is 8.67. The van der Waals surface area contributed by atoms with Crippen molar-refractivity contribution < 1.29 is 14.3 Å². The lowest BCUT2D eigenvalue weighted by Crippen LogP contribution is -2.11.